The van der Waals surface area contributed by atoms with Crippen LogP contribution in [0.3, 0.4) is 0 Å². The highest BCUT2D eigenvalue weighted by molar-refractivity contribution is 6.11. The van der Waals surface area contributed by atoms with Gasteiger partial charge in [-0.05, 0) is 23.6 Å². The number of nitrogens with one attached hydrogen (secondary N) is 1. The second kappa shape index (κ2) is 7.04. The number of rotatable bonds is 4. The first-order chi connectivity index (χ1) is 13.2. The first kappa shape index (κ1) is 16.4. The number of nitrogens with zero attached hydrogens (tertiary/aromatic N) is 4. The smallest absolute Gasteiger partial charge is 0.260 e. The molecule has 0 aliphatic heterocycles. The maximum absolute atomic E-state index is 12.7. The number of carbonyl (C=O) groups excluding carboxylic acids is 1. The number of aromatic hydroxyl groups is 1. The van der Waals surface area contributed by atoms with Crippen molar-refractivity contribution in [1.82, 2.24) is 10.1 Å². The van der Waals surface area contributed by atoms with Gasteiger partial charge in [0.25, 0.3) is 5.91 Å². The zero-order valence-electron chi connectivity index (χ0n) is 13.9. The predicted octanol–water partition coefficient (Wildman–Crippen LogP) is 4.60. The lowest BCUT2D eigenvalue weighted by Gasteiger charge is -2.10. The van der Waals surface area contributed by atoms with Crippen molar-refractivity contribution in [1.29, 1.82) is 0 Å². The molecule has 1 amide bonds. The summed E-state index contributed by atoms with van der Waals surface area (Å²) < 4.78 is 4.71. The molecule has 0 bridgehead atoms. The Morgan fingerprint density at radius 3 is 2.74 bits per heavy atom. The maximum Gasteiger partial charge on any atom is 0.260 e. The summed E-state index contributed by atoms with van der Waals surface area (Å²) in [6.45, 7) is 0. The minimum Gasteiger partial charge on any atom is -0.505 e. The number of fused-ring (bicyclic) bond motifs is 1. The van der Waals surface area contributed by atoms with Crippen LogP contribution in [0.2, 0.25) is 0 Å². The number of phenols is 1. The Kier molecular flexibility index (Phi) is 4.28. The van der Waals surface area contributed by atoms with Crippen LogP contribution in [0.4, 0.5) is 17.2 Å². The average Bonchev–Trinajstić information content (AvgIpc) is 3.21. The van der Waals surface area contributed by atoms with E-state index in [9.17, 15) is 9.90 Å². The van der Waals surface area contributed by atoms with Gasteiger partial charge in [0.15, 0.2) is 12.0 Å². The largest absolute Gasteiger partial charge is 0.505 e. The SMILES string of the molecule is O=C(Nc1ccccn1)c1cc2ccccc2c(/N=N/c2cnoc2)c1O. The molecule has 8 nitrogen and oxygen atoms in total. The van der Waals surface area contributed by atoms with Gasteiger partial charge in [-0.3, -0.25) is 4.79 Å². The number of carbonyl (C=O) groups is 1. The third-order valence-electron chi connectivity index (χ3n) is 3.83. The Balaban J connectivity index is 1.79. The third-order valence-corrected chi connectivity index (χ3v) is 3.83. The highest BCUT2D eigenvalue weighted by Crippen LogP contribution is 2.39. The minimum absolute atomic E-state index is 0.0682. The Morgan fingerprint density at radius 2 is 1.96 bits per heavy atom. The lowest BCUT2D eigenvalue weighted by atomic mass is 10.0. The van der Waals surface area contributed by atoms with Crippen LogP contribution in [0.15, 0.2) is 81.9 Å². The molecule has 0 saturated carbocycles. The van der Waals surface area contributed by atoms with Gasteiger partial charge in [-0.1, -0.05) is 35.5 Å². The first-order valence-corrected chi connectivity index (χ1v) is 8.00. The molecule has 2 aromatic carbocycles. The highest BCUT2D eigenvalue weighted by atomic mass is 16.5. The molecule has 8 heteroatoms. The van der Waals surface area contributed by atoms with Crippen molar-refractivity contribution >= 4 is 33.9 Å². The maximum atomic E-state index is 12.7. The van der Waals surface area contributed by atoms with E-state index < -0.39 is 5.91 Å². The number of anilines is 1. The van der Waals surface area contributed by atoms with Crippen LogP contribution in [0.1, 0.15) is 10.4 Å². The minimum atomic E-state index is -0.501. The highest BCUT2D eigenvalue weighted by Gasteiger charge is 2.18. The number of azo groups is 1. The number of hydrogen-bond donors (Lipinski definition) is 2. The number of benzene rings is 2. The molecule has 0 radical (unpaired) electrons. The van der Waals surface area contributed by atoms with Gasteiger partial charge in [0.05, 0.1) is 11.8 Å². The fourth-order valence-corrected chi connectivity index (χ4v) is 2.57. The zero-order chi connectivity index (χ0) is 18.6. The van der Waals surface area contributed by atoms with Crippen LogP contribution in [-0.2, 0) is 0 Å². The molecule has 4 aromatic rings. The van der Waals surface area contributed by atoms with Crippen LogP contribution in [0.5, 0.6) is 5.75 Å². The molecule has 0 aliphatic carbocycles. The molecular weight excluding hydrogens is 346 g/mol. The molecule has 2 aromatic heterocycles. The Hall–Kier alpha value is -4.07. The summed E-state index contributed by atoms with van der Waals surface area (Å²) in [5.74, 6) is -0.400. The topological polar surface area (TPSA) is 113 Å². The summed E-state index contributed by atoms with van der Waals surface area (Å²) in [5.41, 5.74) is 0.640. The van der Waals surface area contributed by atoms with E-state index >= 15 is 0 Å². The van der Waals surface area contributed by atoms with Crippen LogP contribution >= 0.6 is 0 Å². The van der Waals surface area contributed by atoms with E-state index in [-0.39, 0.29) is 17.0 Å². The zero-order valence-corrected chi connectivity index (χ0v) is 13.9. The third kappa shape index (κ3) is 3.36. The molecule has 0 fully saturated rings. The lowest BCUT2D eigenvalue weighted by molar-refractivity contribution is 0.102. The fraction of sp³-hybridized carbons (Fsp3) is 0. The molecule has 2 heterocycles. The number of pyridine rings is 1. The summed E-state index contributed by atoms with van der Waals surface area (Å²) in [5, 5.41) is 26.4. The normalized spacial score (nSPS) is 11.1. The summed E-state index contributed by atoms with van der Waals surface area (Å²) in [6, 6.07) is 14.0. The summed E-state index contributed by atoms with van der Waals surface area (Å²) in [4.78, 5) is 16.7. The van der Waals surface area contributed by atoms with E-state index in [2.05, 4.69) is 25.7 Å². The summed E-state index contributed by atoms with van der Waals surface area (Å²) in [7, 11) is 0. The van der Waals surface area contributed by atoms with Crippen molar-refractivity contribution < 1.29 is 14.4 Å². The summed E-state index contributed by atoms with van der Waals surface area (Å²) >= 11 is 0. The van der Waals surface area contributed by atoms with Crippen LogP contribution < -0.4 is 5.32 Å². The standard InChI is InChI=1S/C19H13N5O3/c25-18-15(19(26)22-16-7-3-4-8-20-16)9-12-5-1-2-6-14(12)17(18)24-23-13-10-21-27-11-13/h1-11,25H,(H,20,22,26)/b24-23+. The van der Waals surface area contributed by atoms with Crippen molar-refractivity contribution in [2.45, 2.75) is 0 Å². The molecule has 0 aliphatic rings. The van der Waals surface area contributed by atoms with E-state index in [1.54, 1.807) is 36.5 Å². The monoisotopic (exact) mass is 359 g/mol. The van der Waals surface area contributed by atoms with Gasteiger partial charge >= 0.3 is 0 Å². The van der Waals surface area contributed by atoms with Crippen LogP contribution in [-0.4, -0.2) is 21.2 Å². The number of aromatic nitrogens is 2. The molecule has 0 unspecified atom stereocenters. The van der Waals surface area contributed by atoms with E-state index in [1.165, 1.54) is 12.5 Å². The number of hydrogen-bond acceptors (Lipinski definition) is 7. The molecule has 0 saturated heterocycles. The molecule has 0 atom stereocenters. The van der Waals surface area contributed by atoms with Gasteiger partial charge in [0.1, 0.15) is 17.2 Å². The average molecular weight is 359 g/mol. The van der Waals surface area contributed by atoms with E-state index in [1.807, 2.05) is 18.2 Å². The van der Waals surface area contributed by atoms with Gasteiger partial charge in [-0.2, -0.15) is 0 Å². The van der Waals surface area contributed by atoms with Gasteiger partial charge in [0.2, 0.25) is 0 Å². The van der Waals surface area contributed by atoms with Crippen LogP contribution in [0, 0.1) is 0 Å². The number of phenolic OH excluding ortho intramolecular Hbond substituents is 1. The second-order valence-electron chi connectivity index (χ2n) is 5.59. The first-order valence-electron chi connectivity index (χ1n) is 8.00. The molecule has 27 heavy (non-hydrogen) atoms. The Morgan fingerprint density at radius 1 is 1.11 bits per heavy atom. The quantitative estimate of drug-likeness (QED) is 0.517. The predicted molar refractivity (Wildman–Crippen MR) is 98.5 cm³/mol. The molecule has 4 rings (SSSR count). The molecule has 0 spiro atoms. The van der Waals surface area contributed by atoms with E-state index in [0.717, 1.165) is 5.39 Å². The molecule has 2 N–H and O–H groups in total. The van der Waals surface area contributed by atoms with Crippen molar-refractivity contribution in [3.63, 3.8) is 0 Å². The van der Waals surface area contributed by atoms with Gasteiger partial charge in [-0.25, -0.2) is 4.98 Å². The Bertz CT molecular complexity index is 1130. The fourth-order valence-electron chi connectivity index (χ4n) is 2.57. The van der Waals surface area contributed by atoms with E-state index in [0.29, 0.717) is 16.9 Å². The van der Waals surface area contributed by atoms with Crippen molar-refractivity contribution in [2.24, 2.45) is 10.2 Å². The Labute approximate surface area is 153 Å². The molecular formula is C19H13N5O3. The van der Waals surface area contributed by atoms with Crippen molar-refractivity contribution in [2.75, 3.05) is 5.32 Å². The second-order valence-corrected chi connectivity index (χ2v) is 5.59. The summed E-state index contributed by atoms with van der Waals surface area (Å²) in [6.07, 6.45) is 4.27. The number of amides is 1. The van der Waals surface area contributed by atoms with Crippen molar-refractivity contribution in [3.05, 3.63) is 72.8 Å². The van der Waals surface area contributed by atoms with Gasteiger partial charge in [-0.15, -0.1) is 10.2 Å². The van der Waals surface area contributed by atoms with E-state index in [4.69, 9.17) is 4.52 Å². The van der Waals surface area contributed by atoms with Crippen molar-refractivity contribution in [3.8, 4) is 5.75 Å². The molecule has 132 valence electrons. The van der Waals surface area contributed by atoms with Gasteiger partial charge < -0.3 is 14.9 Å². The van der Waals surface area contributed by atoms with Crippen LogP contribution in [0.25, 0.3) is 10.8 Å². The lowest BCUT2D eigenvalue weighted by Crippen LogP contribution is -2.13. The van der Waals surface area contributed by atoms with Gasteiger partial charge in [0, 0.05) is 11.6 Å².